The molecule has 0 bridgehead atoms. The molecule has 4 aliphatic rings. The number of fused-ring (bicyclic) bond motifs is 5. The summed E-state index contributed by atoms with van der Waals surface area (Å²) in [5.41, 5.74) is 2.90. The summed E-state index contributed by atoms with van der Waals surface area (Å²) in [6, 6.07) is 0. The first-order chi connectivity index (χ1) is 14.3. The maximum atomic E-state index is 9.43. The monoisotopic (exact) mass is 412 g/mol. The molecular weight excluding hydrogens is 364 g/mol. The van der Waals surface area contributed by atoms with Gasteiger partial charge in [-0.25, -0.2) is 0 Å². The largest absolute Gasteiger partial charge is 0.396 e. The van der Waals surface area contributed by atoms with E-state index in [9.17, 15) is 5.11 Å². The van der Waals surface area contributed by atoms with Crippen LogP contribution >= 0.6 is 0 Å². The third kappa shape index (κ3) is 3.76. The predicted molar refractivity (Wildman–Crippen MR) is 128 cm³/mol. The fourth-order valence-electron chi connectivity index (χ4n) is 8.86. The van der Waals surface area contributed by atoms with E-state index < -0.39 is 0 Å². The average molecular weight is 413 g/mol. The van der Waals surface area contributed by atoms with Crippen LogP contribution in [-0.2, 0) is 0 Å². The van der Waals surface area contributed by atoms with Crippen molar-refractivity contribution in [3.8, 4) is 0 Å². The first kappa shape index (κ1) is 22.6. The normalized spacial score (nSPS) is 43.1. The molecule has 0 unspecified atom stereocenters. The molecule has 0 radical (unpaired) electrons. The summed E-state index contributed by atoms with van der Waals surface area (Å²) in [6.07, 6.45) is 21.5. The summed E-state index contributed by atoms with van der Waals surface area (Å²) >= 11 is 0. The quantitative estimate of drug-likeness (QED) is 0.441. The van der Waals surface area contributed by atoms with Gasteiger partial charge in [-0.3, -0.25) is 0 Å². The minimum Gasteiger partial charge on any atom is -0.396 e. The van der Waals surface area contributed by atoms with E-state index in [-0.39, 0.29) is 0 Å². The highest BCUT2D eigenvalue weighted by atomic mass is 16.3. The van der Waals surface area contributed by atoms with E-state index in [2.05, 4.69) is 52.8 Å². The van der Waals surface area contributed by atoms with Gasteiger partial charge < -0.3 is 5.11 Å². The van der Waals surface area contributed by atoms with Crippen molar-refractivity contribution < 1.29 is 5.11 Å². The number of rotatable bonds is 6. The maximum absolute atomic E-state index is 9.43. The smallest absolute Gasteiger partial charge is 0.0436 e. The molecule has 3 fully saturated rings. The second kappa shape index (κ2) is 8.76. The number of allylic oxidation sites excluding steroid dienone is 4. The van der Waals surface area contributed by atoms with Crippen LogP contribution in [-0.4, -0.2) is 11.7 Å². The van der Waals surface area contributed by atoms with Crippen molar-refractivity contribution in [2.24, 2.45) is 52.3 Å². The van der Waals surface area contributed by atoms with Crippen LogP contribution in [0.3, 0.4) is 0 Å². The first-order valence-corrected chi connectivity index (χ1v) is 13.3. The number of hydrogen-bond acceptors (Lipinski definition) is 1. The van der Waals surface area contributed by atoms with Gasteiger partial charge in [-0.15, -0.1) is 0 Å². The van der Waals surface area contributed by atoms with Gasteiger partial charge in [0.2, 0.25) is 0 Å². The molecule has 0 amide bonds. The molecule has 170 valence electrons. The Bertz CT molecular complexity index is 659. The van der Waals surface area contributed by atoms with Crippen molar-refractivity contribution in [2.45, 2.75) is 98.8 Å². The van der Waals surface area contributed by atoms with E-state index in [1.807, 2.05) is 5.57 Å². The van der Waals surface area contributed by atoms with Gasteiger partial charge in [0.15, 0.2) is 0 Å². The second-order valence-electron chi connectivity index (χ2n) is 12.4. The van der Waals surface area contributed by atoms with E-state index in [0.717, 1.165) is 30.1 Å². The summed E-state index contributed by atoms with van der Waals surface area (Å²) in [5, 5.41) is 9.43. The Morgan fingerprint density at radius 2 is 1.83 bits per heavy atom. The molecule has 1 heteroatoms. The Morgan fingerprint density at radius 1 is 1.03 bits per heavy atom. The molecule has 4 aliphatic carbocycles. The number of aliphatic hydroxyl groups excluding tert-OH is 1. The summed E-state index contributed by atoms with van der Waals surface area (Å²) in [5.74, 6) is 5.47. The molecule has 0 aromatic heterocycles. The highest BCUT2D eigenvalue weighted by Gasteiger charge is 2.58. The molecule has 0 aliphatic heterocycles. The van der Waals surface area contributed by atoms with Crippen LogP contribution in [0.15, 0.2) is 23.8 Å². The van der Waals surface area contributed by atoms with E-state index in [4.69, 9.17) is 0 Å². The van der Waals surface area contributed by atoms with Gasteiger partial charge in [-0.1, -0.05) is 64.8 Å². The Hall–Kier alpha value is -0.560. The molecule has 1 N–H and O–H groups in total. The Balaban J connectivity index is 1.50. The molecule has 0 aromatic rings. The van der Waals surface area contributed by atoms with Crippen molar-refractivity contribution in [3.05, 3.63) is 23.8 Å². The molecular formula is C29H48O. The minimum atomic E-state index is 0.308. The Kier molecular flexibility index (Phi) is 6.61. The summed E-state index contributed by atoms with van der Waals surface area (Å²) in [4.78, 5) is 0. The molecule has 3 saturated carbocycles. The molecule has 4 rings (SSSR count). The van der Waals surface area contributed by atoms with Gasteiger partial charge in [-0.2, -0.15) is 0 Å². The van der Waals surface area contributed by atoms with Crippen LogP contribution in [0, 0.1) is 52.3 Å². The van der Waals surface area contributed by atoms with Crippen molar-refractivity contribution >= 4 is 0 Å². The third-order valence-corrected chi connectivity index (χ3v) is 10.7. The van der Waals surface area contributed by atoms with E-state index in [1.165, 1.54) is 57.8 Å². The van der Waals surface area contributed by atoms with Gasteiger partial charge in [0.05, 0.1) is 0 Å². The lowest BCUT2D eigenvalue weighted by molar-refractivity contribution is -0.0462. The predicted octanol–water partition coefficient (Wildman–Crippen LogP) is 7.80. The highest BCUT2D eigenvalue weighted by Crippen LogP contribution is 2.67. The van der Waals surface area contributed by atoms with Gasteiger partial charge in [0.25, 0.3) is 0 Å². The SMILES string of the molecule is CC(C)[C@H](C=C[C@@H](C)[C@H]1CC[C@H]2[C@@H]3CC=C4CCCC[C@]4(C)[C@H]3CC[C@]12C)CCO. The van der Waals surface area contributed by atoms with Crippen LogP contribution in [0.25, 0.3) is 0 Å². The van der Waals surface area contributed by atoms with Crippen molar-refractivity contribution in [3.63, 3.8) is 0 Å². The molecule has 0 heterocycles. The lowest BCUT2D eigenvalue weighted by Crippen LogP contribution is -2.49. The van der Waals surface area contributed by atoms with Gasteiger partial charge >= 0.3 is 0 Å². The van der Waals surface area contributed by atoms with Crippen molar-refractivity contribution in [2.75, 3.05) is 6.61 Å². The first-order valence-electron chi connectivity index (χ1n) is 13.3. The van der Waals surface area contributed by atoms with Crippen LogP contribution in [0.2, 0.25) is 0 Å². The zero-order valence-electron chi connectivity index (χ0n) is 20.5. The van der Waals surface area contributed by atoms with Crippen LogP contribution in [0.4, 0.5) is 0 Å². The Morgan fingerprint density at radius 3 is 2.57 bits per heavy atom. The summed E-state index contributed by atoms with van der Waals surface area (Å²) in [7, 11) is 0. The van der Waals surface area contributed by atoms with E-state index in [0.29, 0.717) is 35.2 Å². The van der Waals surface area contributed by atoms with Crippen LogP contribution < -0.4 is 0 Å². The van der Waals surface area contributed by atoms with Crippen molar-refractivity contribution in [1.29, 1.82) is 0 Å². The van der Waals surface area contributed by atoms with Crippen LogP contribution in [0.5, 0.6) is 0 Å². The molecule has 30 heavy (non-hydrogen) atoms. The highest BCUT2D eigenvalue weighted by molar-refractivity contribution is 5.24. The van der Waals surface area contributed by atoms with Gasteiger partial charge in [0, 0.05) is 6.61 Å². The minimum absolute atomic E-state index is 0.308. The lowest BCUT2D eigenvalue weighted by atomic mass is 9.47. The Labute approximate surface area is 186 Å². The summed E-state index contributed by atoms with van der Waals surface area (Å²) in [6.45, 7) is 12.7. The lowest BCUT2D eigenvalue weighted by Gasteiger charge is -2.58. The zero-order valence-corrected chi connectivity index (χ0v) is 20.5. The van der Waals surface area contributed by atoms with E-state index >= 15 is 0 Å². The molecule has 8 atom stereocenters. The van der Waals surface area contributed by atoms with Gasteiger partial charge in [0.1, 0.15) is 0 Å². The second-order valence-corrected chi connectivity index (χ2v) is 12.4. The molecule has 0 saturated heterocycles. The van der Waals surface area contributed by atoms with Gasteiger partial charge in [-0.05, 0) is 110 Å². The fraction of sp³-hybridized carbons (Fsp3) is 0.862. The maximum Gasteiger partial charge on any atom is 0.0436 e. The molecule has 1 nitrogen and oxygen atoms in total. The average Bonchev–Trinajstić information content (AvgIpc) is 3.07. The topological polar surface area (TPSA) is 20.2 Å². The zero-order chi connectivity index (χ0) is 21.5. The number of hydrogen-bond donors (Lipinski definition) is 1. The molecule has 0 aromatic carbocycles. The number of aliphatic hydroxyl groups is 1. The van der Waals surface area contributed by atoms with Crippen LogP contribution in [0.1, 0.15) is 98.8 Å². The van der Waals surface area contributed by atoms with Crippen molar-refractivity contribution in [1.82, 2.24) is 0 Å². The summed E-state index contributed by atoms with van der Waals surface area (Å²) < 4.78 is 0. The van der Waals surface area contributed by atoms with E-state index in [1.54, 1.807) is 0 Å². The third-order valence-electron chi connectivity index (χ3n) is 10.7. The standard InChI is InChI=1S/C29H48O/c1-20(2)22(16-19-30)10-9-21(3)25-13-14-26-24-12-11-23-8-6-7-17-28(23,4)27(24)15-18-29(25,26)5/h9-11,20-22,24-27,30H,6-8,12-19H2,1-5H3/t21-,22-,24+,25-,26+,27+,28+,29-/m1/s1. The fourth-order valence-corrected chi connectivity index (χ4v) is 8.86. The molecule has 0 spiro atoms.